The molecule has 0 spiro atoms. The van der Waals surface area contributed by atoms with Gasteiger partial charge in [0.1, 0.15) is 5.75 Å². The minimum atomic E-state index is -0.630. The maximum atomic E-state index is 10.3. The van der Waals surface area contributed by atoms with Crippen LogP contribution in [0.15, 0.2) is 29.3 Å². The molecule has 0 bridgehead atoms. The van der Waals surface area contributed by atoms with Gasteiger partial charge < -0.3 is 20.5 Å². The normalized spacial score (nSPS) is 16.6. The van der Waals surface area contributed by atoms with Crippen LogP contribution in [0.4, 0.5) is 0 Å². The topological polar surface area (TPSA) is 65.9 Å². The van der Waals surface area contributed by atoms with Gasteiger partial charge in [-0.15, -0.1) is 24.0 Å². The van der Waals surface area contributed by atoms with Gasteiger partial charge in [-0.3, -0.25) is 4.99 Å². The Balaban J connectivity index is 0.00000264. The SMILES string of the molecule is CCNC(=NCC(O)c1cccc(OC)c1)NC1CCCC1.I. The van der Waals surface area contributed by atoms with Crippen molar-refractivity contribution in [1.82, 2.24) is 10.6 Å². The summed E-state index contributed by atoms with van der Waals surface area (Å²) in [6.45, 7) is 3.19. The predicted octanol–water partition coefficient (Wildman–Crippen LogP) is 2.84. The molecule has 0 aliphatic heterocycles. The summed E-state index contributed by atoms with van der Waals surface area (Å²) in [6, 6.07) is 7.98. The second kappa shape index (κ2) is 10.7. The standard InChI is InChI=1S/C17H27N3O2.HI/c1-3-18-17(20-14-8-4-5-9-14)19-12-16(21)13-7-6-10-15(11-13)22-2;/h6-7,10-11,14,16,21H,3-5,8-9,12H2,1-2H3,(H2,18,19,20);1H. The van der Waals surface area contributed by atoms with Crippen LogP contribution in [-0.2, 0) is 0 Å². The van der Waals surface area contributed by atoms with Crippen molar-refractivity contribution >= 4 is 29.9 Å². The van der Waals surface area contributed by atoms with Gasteiger partial charge in [0, 0.05) is 12.6 Å². The van der Waals surface area contributed by atoms with E-state index in [9.17, 15) is 5.11 Å². The van der Waals surface area contributed by atoms with Crippen molar-refractivity contribution in [2.45, 2.75) is 44.8 Å². The molecule has 23 heavy (non-hydrogen) atoms. The molecule has 0 radical (unpaired) electrons. The Bertz CT molecular complexity index is 490. The lowest BCUT2D eigenvalue weighted by Crippen LogP contribution is -2.42. The summed E-state index contributed by atoms with van der Waals surface area (Å²) in [7, 11) is 1.62. The van der Waals surface area contributed by atoms with Crippen LogP contribution in [0.2, 0.25) is 0 Å². The average molecular weight is 433 g/mol. The monoisotopic (exact) mass is 433 g/mol. The number of methoxy groups -OCH3 is 1. The first-order chi connectivity index (χ1) is 10.7. The van der Waals surface area contributed by atoms with Crippen LogP contribution in [-0.4, -0.2) is 37.3 Å². The summed E-state index contributed by atoms with van der Waals surface area (Å²) in [5, 5.41) is 17.0. The lowest BCUT2D eigenvalue weighted by molar-refractivity contribution is 0.186. The molecule has 1 aromatic carbocycles. The third-order valence-corrected chi connectivity index (χ3v) is 3.94. The molecule has 130 valence electrons. The van der Waals surface area contributed by atoms with Crippen LogP contribution in [0, 0.1) is 0 Å². The van der Waals surface area contributed by atoms with Crippen LogP contribution in [0.1, 0.15) is 44.3 Å². The van der Waals surface area contributed by atoms with E-state index < -0.39 is 6.10 Å². The van der Waals surface area contributed by atoms with Crippen molar-refractivity contribution in [3.63, 3.8) is 0 Å². The van der Waals surface area contributed by atoms with Crippen molar-refractivity contribution in [3.05, 3.63) is 29.8 Å². The van der Waals surface area contributed by atoms with Gasteiger partial charge in [-0.25, -0.2) is 0 Å². The van der Waals surface area contributed by atoms with Gasteiger partial charge in [0.15, 0.2) is 5.96 Å². The van der Waals surface area contributed by atoms with Crippen LogP contribution in [0.25, 0.3) is 0 Å². The van der Waals surface area contributed by atoms with Crippen LogP contribution >= 0.6 is 24.0 Å². The van der Waals surface area contributed by atoms with Gasteiger partial charge >= 0.3 is 0 Å². The summed E-state index contributed by atoms with van der Waals surface area (Å²) < 4.78 is 5.19. The number of halogens is 1. The van der Waals surface area contributed by atoms with E-state index in [0.29, 0.717) is 12.6 Å². The first-order valence-electron chi connectivity index (χ1n) is 8.09. The fourth-order valence-electron chi connectivity index (χ4n) is 2.72. The quantitative estimate of drug-likeness (QED) is 0.367. The predicted molar refractivity (Wildman–Crippen MR) is 105 cm³/mol. The van der Waals surface area contributed by atoms with Gasteiger partial charge in [0.05, 0.1) is 19.8 Å². The van der Waals surface area contributed by atoms with Crippen LogP contribution in [0.5, 0.6) is 5.75 Å². The Hall–Kier alpha value is -1.02. The van der Waals surface area contributed by atoms with Crippen molar-refractivity contribution in [2.24, 2.45) is 4.99 Å². The van der Waals surface area contributed by atoms with Crippen molar-refractivity contribution in [3.8, 4) is 5.75 Å². The Kier molecular flexibility index (Phi) is 9.31. The zero-order valence-electron chi connectivity index (χ0n) is 13.9. The number of hydrogen-bond acceptors (Lipinski definition) is 3. The molecule has 1 aliphatic rings. The highest BCUT2D eigenvalue weighted by atomic mass is 127. The molecule has 1 saturated carbocycles. The Morgan fingerprint density at radius 1 is 1.39 bits per heavy atom. The number of aliphatic imine (C=N–C) groups is 1. The number of nitrogens with one attached hydrogen (secondary N) is 2. The summed E-state index contributed by atoms with van der Waals surface area (Å²) in [6.07, 6.45) is 4.33. The summed E-state index contributed by atoms with van der Waals surface area (Å²) in [5.41, 5.74) is 0.819. The molecule has 1 unspecified atom stereocenters. The minimum Gasteiger partial charge on any atom is -0.497 e. The van der Waals surface area contributed by atoms with Gasteiger partial charge in [0.2, 0.25) is 0 Å². The molecular formula is C17H28IN3O2. The van der Waals surface area contributed by atoms with E-state index in [2.05, 4.69) is 15.6 Å². The molecule has 0 saturated heterocycles. The zero-order chi connectivity index (χ0) is 15.8. The fourth-order valence-corrected chi connectivity index (χ4v) is 2.72. The number of guanidine groups is 1. The Labute approximate surface area is 155 Å². The highest BCUT2D eigenvalue weighted by molar-refractivity contribution is 14.0. The second-order valence-corrected chi connectivity index (χ2v) is 5.64. The number of benzene rings is 1. The molecular weight excluding hydrogens is 405 g/mol. The van der Waals surface area contributed by atoms with E-state index in [1.165, 1.54) is 25.7 Å². The molecule has 3 N–H and O–H groups in total. The highest BCUT2D eigenvalue weighted by Gasteiger charge is 2.16. The van der Waals surface area contributed by atoms with Crippen LogP contribution in [0.3, 0.4) is 0 Å². The smallest absolute Gasteiger partial charge is 0.191 e. The highest BCUT2D eigenvalue weighted by Crippen LogP contribution is 2.20. The first kappa shape index (κ1) is 20.0. The first-order valence-corrected chi connectivity index (χ1v) is 8.09. The van der Waals surface area contributed by atoms with Gasteiger partial charge in [0.25, 0.3) is 0 Å². The zero-order valence-corrected chi connectivity index (χ0v) is 16.2. The lowest BCUT2D eigenvalue weighted by atomic mass is 10.1. The van der Waals surface area contributed by atoms with Gasteiger partial charge in [-0.05, 0) is 37.5 Å². The summed E-state index contributed by atoms with van der Waals surface area (Å²) >= 11 is 0. The minimum absolute atomic E-state index is 0. The molecule has 6 heteroatoms. The van der Waals surface area contributed by atoms with Gasteiger partial charge in [-0.1, -0.05) is 25.0 Å². The molecule has 0 heterocycles. The van der Waals surface area contributed by atoms with E-state index in [0.717, 1.165) is 23.8 Å². The fraction of sp³-hybridized carbons (Fsp3) is 0.588. The molecule has 1 fully saturated rings. The number of hydrogen-bond donors (Lipinski definition) is 3. The molecule has 5 nitrogen and oxygen atoms in total. The van der Waals surface area contributed by atoms with E-state index in [-0.39, 0.29) is 24.0 Å². The average Bonchev–Trinajstić information content (AvgIpc) is 3.05. The van der Waals surface area contributed by atoms with E-state index in [1.54, 1.807) is 7.11 Å². The molecule has 1 aliphatic carbocycles. The maximum absolute atomic E-state index is 10.3. The van der Waals surface area contributed by atoms with Crippen molar-refractivity contribution < 1.29 is 9.84 Å². The lowest BCUT2D eigenvalue weighted by Gasteiger charge is -2.17. The van der Waals surface area contributed by atoms with Crippen LogP contribution < -0.4 is 15.4 Å². The number of rotatable bonds is 6. The number of ether oxygens (including phenoxy) is 1. The Morgan fingerprint density at radius 2 is 2.13 bits per heavy atom. The number of aliphatic hydroxyl groups is 1. The number of aliphatic hydroxyl groups excluding tert-OH is 1. The van der Waals surface area contributed by atoms with Gasteiger partial charge in [-0.2, -0.15) is 0 Å². The molecule has 0 amide bonds. The molecule has 1 atom stereocenters. The van der Waals surface area contributed by atoms with E-state index >= 15 is 0 Å². The second-order valence-electron chi connectivity index (χ2n) is 5.64. The molecule has 0 aromatic heterocycles. The van der Waals surface area contributed by atoms with Crippen molar-refractivity contribution in [2.75, 3.05) is 20.2 Å². The Morgan fingerprint density at radius 3 is 2.78 bits per heavy atom. The summed E-state index contributed by atoms with van der Waals surface area (Å²) in [5.74, 6) is 1.54. The molecule has 2 rings (SSSR count). The van der Waals surface area contributed by atoms with E-state index in [4.69, 9.17) is 4.74 Å². The van der Waals surface area contributed by atoms with E-state index in [1.807, 2.05) is 31.2 Å². The third-order valence-electron chi connectivity index (χ3n) is 3.94. The van der Waals surface area contributed by atoms with Crippen molar-refractivity contribution in [1.29, 1.82) is 0 Å². The maximum Gasteiger partial charge on any atom is 0.191 e. The largest absolute Gasteiger partial charge is 0.497 e. The number of nitrogens with zero attached hydrogens (tertiary/aromatic N) is 1. The summed E-state index contributed by atoms with van der Waals surface area (Å²) in [4.78, 5) is 4.51. The molecule has 1 aromatic rings. The third kappa shape index (κ3) is 6.55.